The average Bonchev–Trinajstić information content (AvgIpc) is 2.20. The molecule has 0 saturated heterocycles. The Bertz CT molecular complexity index is 477. The van der Waals surface area contributed by atoms with Crippen LogP contribution in [0.5, 0.6) is 0 Å². The Morgan fingerprint density at radius 2 is 2.00 bits per heavy atom. The van der Waals surface area contributed by atoms with Gasteiger partial charge >= 0.3 is 6.18 Å². The number of anilines is 1. The van der Waals surface area contributed by atoms with E-state index in [0.29, 0.717) is 6.92 Å². The van der Waals surface area contributed by atoms with Crippen molar-refractivity contribution in [3.63, 3.8) is 0 Å². The smallest absolute Gasteiger partial charge is 0.373 e. The molecule has 0 unspecified atom stereocenters. The van der Waals surface area contributed by atoms with Crippen LogP contribution in [0.25, 0.3) is 0 Å². The van der Waals surface area contributed by atoms with Gasteiger partial charge in [-0.3, -0.25) is 4.79 Å². The summed E-state index contributed by atoms with van der Waals surface area (Å²) >= 11 is 7.71. The first kappa shape index (κ1) is 15.5. The van der Waals surface area contributed by atoms with Gasteiger partial charge in [0, 0.05) is 3.57 Å². The maximum atomic E-state index is 12.4. The van der Waals surface area contributed by atoms with Gasteiger partial charge in [0.25, 0.3) is 5.91 Å². The molecule has 0 saturated carbocycles. The number of nitrogens with one attached hydrogen (secondary N) is 1. The monoisotopic (exact) mass is 393 g/mol. The number of carbonyl (C=O) groups excluding carboxylic acids is 1. The second-order valence-electron chi connectivity index (χ2n) is 3.65. The van der Waals surface area contributed by atoms with Crippen molar-refractivity contribution in [1.82, 2.24) is 0 Å². The number of halogens is 5. The third-order valence-corrected chi connectivity index (χ3v) is 3.16. The number of aliphatic hydroxyl groups is 1. The molecule has 1 amide bonds. The second-order valence-corrected chi connectivity index (χ2v) is 5.30. The molecule has 1 aromatic rings. The SMILES string of the molecule is C[C@@](O)(C(=O)Nc1ccc(I)cc1Cl)C(F)(F)F. The minimum Gasteiger partial charge on any atom is -0.373 e. The zero-order valence-corrected chi connectivity index (χ0v) is 11.9. The molecule has 18 heavy (non-hydrogen) atoms. The van der Waals surface area contributed by atoms with Crippen LogP contribution in [0.3, 0.4) is 0 Å². The summed E-state index contributed by atoms with van der Waals surface area (Å²) in [4.78, 5) is 11.4. The summed E-state index contributed by atoms with van der Waals surface area (Å²) in [6.07, 6.45) is -5.06. The number of alkyl halides is 3. The highest BCUT2D eigenvalue weighted by Gasteiger charge is 2.55. The van der Waals surface area contributed by atoms with Crippen LogP contribution in [0, 0.1) is 3.57 Å². The molecule has 0 heterocycles. The number of hydrogen-bond acceptors (Lipinski definition) is 2. The molecule has 100 valence electrons. The van der Waals surface area contributed by atoms with Gasteiger partial charge in [-0.05, 0) is 47.7 Å². The van der Waals surface area contributed by atoms with Gasteiger partial charge < -0.3 is 10.4 Å². The lowest BCUT2D eigenvalue weighted by Gasteiger charge is -2.25. The van der Waals surface area contributed by atoms with Crippen LogP contribution in [0.1, 0.15) is 6.92 Å². The van der Waals surface area contributed by atoms with Gasteiger partial charge in [-0.2, -0.15) is 13.2 Å². The topological polar surface area (TPSA) is 49.3 Å². The summed E-state index contributed by atoms with van der Waals surface area (Å²) in [5.74, 6) is -1.59. The normalized spacial score (nSPS) is 15.1. The first-order valence-electron chi connectivity index (χ1n) is 4.61. The van der Waals surface area contributed by atoms with Gasteiger partial charge in [0.1, 0.15) is 0 Å². The predicted molar refractivity (Wildman–Crippen MR) is 69.5 cm³/mol. The minimum absolute atomic E-state index is 0.00612. The van der Waals surface area contributed by atoms with E-state index in [9.17, 15) is 18.0 Å². The van der Waals surface area contributed by atoms with E-state index in [1.165, 1.54) is 12.1 Å². The summed E-state index contributed by atoms with van der Waals surface area (Å²) in [6, 6.07) is 4.39. The number of benzene rings is 1. The minimum atomic E-state index is -5.06. The lowest BCUT2D eigenvalue weighted by Crippen LogP contribution is -2.52. The van der Waals surface area contributed by atoms with Crippen molar-refractivity contribution >= 4 is 45.8 Å². The molecule has 1 rings (SSSR count). The number of carbonyl (C=O) groups is 1. The maximum absolute atomic E-state index is 12.4. The zero-order valence-electron chi connectivity index (χ0n) is 8.98. The Balaban J connectivity index is 2.95. The van der Waals surface area contributed by atoms with Gasteiger partial charge in [-0.15, -0.1) is 0 Å². The third kappa shape index (κ3) is 3.27. The van der Waals surface area contributed by atoms with Crippen molar-refractivity contribution in [3.05, 3.63) is 26.8 Å². The molecule has 1 aromatic carbocycles. The lowest BCUT2D eigenvalue weighted by molar-refractivity contribution is -0.242. The van der Waals surface area contributed by atoms with Gasteiger partial charge in [0.15, 0.2) is 0 Å². The Kier molecular flexibility index (Phi) is 4.50. The van der Waals surface area contributed by atoms with Gasteiger partial charge in [-0.1, -0.05) is 11.6 Å². The largest absolute Gasteiger partial charge is 0.426 e. The van der Waals surface area contributed by atoms with Gasteiger partial charge in [0.05, 0.1) is 10.7 Å². The quantitative estimate of drug-likeness (QED) is 0.758. The number of amides is 1. The van der Waals surface area contributed by atoms with Crippen LogP contribution in [0.15, 0.2) is 18.2 Å². The molecular weight excluding hydrogens is 385 g/mol. The number of hydrogen-bond donors (Lipinski definition) is 2. The van der Waals surface area contributed by atoms with Crippen molar-refractivity contribution in [2.24, 2.45) is 0 Å². The van der Waals surface area contributed by atoms with E-state index in [1.54, 1.807) is 6.07 Å². The highest BCUT2D eigenvalue weighted by Crippen LogP contribution is 2.32. The molecular formula is C10H8ClF3INO2. The molecule has 0 spiro atoms. The molecule has 2 N–H and O–H groups in total. The molecule has 0 radical (unpaired) electrons. The van der Waals surface area contributed by atoms with Crippen LogP contribution < -0.4 is 5.32 Å². The van der Waals surface area contributed by atoms with E-state index in [2.05, 4.69) is 0 Å². The van der Waals surface area contributed by atoms with Gasteiger partial charge in [-0.25, -0.2) is 0 Å². The highest BCUT2D eigenvalue weighted by atomic mass is 127. The van der Waals surface area contributed by atoms with Crippen LogP contribution in [-0.2, 0) is 4.79 Å². The summed E-state index contributed by atoms with van der Waals surface area (Å²) in [6.45, 7) is 0.378. The molecule has 0 bridgehead atoms. The number of rotatable bonds is 2. The summed E-state index contributed by atoms with van der Waals surface area (Å²) < 4.78 is 38.0. The molecule has 0 fully saturated rings. The fraction of sp³-hybridized carbons (Fsp3) is 0.300. The fourth-order valence-corrected chi connectivity index (χ4v) is 1.87. The van der Waals surface area contributed by atoms with E-state index in [1.807, 2.05) is 27.9 Å². The Morgan fingerprint density at radius 1 is 1.44 bits per heavy atom. The Labute approximate surface area is 119 Å². The summed E-state index contributed by atoms with van der Waals surface area (Å²) in [7, 11) is 0. The van der Waals surface area contributed by atoms with E-state index in [-0.39, 0.29) is 10.7 Å². The molecule has 3 nitrogen and oxygen atoms in total. The van der Waals surface area contributed by atoms with E-state index < -0.39 is 17.7 Å². The van der Waals surface area contributed by atoms with E-state index in [4.69, 9.17) is 16.7 Å². The third-order valence-electron chi connectivity index (χ3n) is 2.17. The van der Waals surface area contributed by atoms with E-state index in [0.717, 1.165) is 3.57 Å². The van der Waals surface area contributed by atoms with E-state index >= 15 is 0 Å². The van der Waals surface area contributed by atoms with Crippen LogP contribution in [-0.4, -0.2) is 22.8 Å². The van der Waals surface area contributed by atoms with Crippen molar-refractivity contribution in [3.8, 4) is 0 Å². The highest BCUT2D eigenvalue weighted by molar-refractivity contribution is 14.1. The van der Waals surface area contributed by atoms with Crippen LogP contribution >= 0.6 is 34.2 Å². The Hall–Kier alpha value is -0.540. The van der Waals surface area contributed by atoms with Gasteiger partial charge in [0.2, 0.25) is 5.60 Å². The standard InChI is InChI=1S/C10H8ClF3INO2/c1-9(18,10(12,13)14)8(17)16-7-3-2-5(15)4-6(7)11/h2-4,18H,1H3,(H,16,17)/t9-/m1/s1. The molecule has 1 atom stereocenters. The molecule has 0 aliphatic heterocycles. The van der Waals surface area contributed by atoms with Crippen molar-refractivity contribution in [1.29, 1.82) is 0 Å². The maximum Gasteiger partial charge on any atom is 0.426 e. The Morgan fingerprint density at radius 3 is 2.44 bits per heavy atom. The lowest BCUT2D eigenvalue weighted by atomic mass is 10.1. The summed E-state index contributed by atoms with van der Waals surface area (Å²) in [5.41, 5.74) is -3.47. The van der Waals surface area contributed by atoms with Crippen LogP contribution in [0.4, 0.5) is 18.9 Å². The first-order chi connectivity index (χ1) is 8.05. The van der Waals surface area contributed by atoms with Crippen molar-refractivity contribution in [2.45, 2.75) is 18.7 Å². The molecule has 0 aliphatic carbocycles. The van der Waals surface area contributed by atoms with Crippen LogP contribution in [0.2, 0.25) is 5.02 Å². The first-order valence-corrected chi connectivity index (χ1v) is 6.07. The fourth-order valence-electron chi connectivity index (χ4n) is 0.964. The molecule has 0 aromatic heterocycles. The second kappa shape index (κ2) is 5.22. The molecule has 8 heteroatoms. The van der Waals surface area contributed by atoms with Crippen molar-refractivity contribution < 1.29 is 23.1 Å². The molecule has 0 aliphatic rings. The predicted octanol–water partition coefficient (Wildman–Crippen LogP) is 3.20. The summed E-state index contributed by atoms with van der Waals surface area (Å²) in [5, 5.41) is 11.2. The zero-order chi connectivity index (χ0) is 14.1. The average molecular weight is 394 g/mol. The van der Waals surface area contributed by atoms with Crippen molar-refractivity contribution in [2.75, 3.05) is 5.32 Å².